The maximum Gasteiger partial charge on any atom is 0.123 e. The van der Waals surface area contributed by atoms with Crippen molar-refractivity contribution in [3.05, 3.63) is 64.4 Å². The highest BCUT2D eigenvalue weighted by Gasteiger charge is 2.13. The molecule has 0 aliphatic carbocycles. The first-order chi connectivity index (χ1) is 9.10. The maximum atomic E-state index is 13.3. The van der Waals surface area contributed by atoms with Crippen LogP contribution in [0.3, 0.4) is 0 Å². The zero-order valence-corrected chi connectivity index (χ0v) is 11.3. The average Bonchev–Trinajstić information content (AvgIpc) is 2.38. The molecule has 0 aromatic heterocycles. The third kappa shape index (κ3) is 3.46. The molecule has 2 rings (SSSR count). The smallest absolute Gasteiger partial charge is 0.123 e. The van der Waals surface area contributed by atoms with E-state index in [1.54, 1.807) is 19.2 Å². The summed E-state index contributed by atoms with van der Waals surface area (Å²) in [4.78, 5) is 0. The van der Waals surface area contributed by atoms with Crippen LogP contribution in [0.15, 0.2) is 42.5 Å². The molecule has 0 bridgehead atoms. The maximum absolute atomic E-state index is 13.3. The van der Waals surface area contributed by atoms with Crippen LogP contribution in [0.4, 0.5) is 4.39 Å². The molecular formula is C15H15ClFNO. The number of halogens is 2. The van der Waals surface area contributed by atoms with Gasteiger partial charge >= 0.3 is 0 Å². The number of hydrogen-bond acceptors (Lipinski definition) is 2. The molecule has 0 saturated heterocycles. The van der Waals surface area contributed by atoms with Gasteiger partial charge in [0.15, 0.2) is 0 Å². The zero-order chi connectivity index (χ0) is 13.8. The second-order valence-corrected chi connectivity index (χ2v) is 4.76. The summed E-state index contributed by atoms with van der Waals surface area (Å²) in [7, 11) is 1.54. The van der Waals surface area contributed by atoms with Crippen molar-refractivity contribution < 1.29 is 9.13 Å². The van der Waals surface area contributed by atoms with Gasteiger partial charge in [-0.15, -0.1) is 0 Å². The molecule has 0 fully saturated rings. The molecule has 0 heterocycles. The lowest BCUT2D eigenvalue weighted by atomic mass is 9.99. The van der Waals surface area contributed by atoms with Crippen LogP contribution >= 0.6 is 11.6 Å². The monoisotopic (exact) mass is 279 g/mol. The third-order valence-corrected chi connectivity index (χ3v) is 3.17. The molecule has 2 aromatic rings. The molecule has 2 N–H and O–H groups in total. The van der Waals surface area contributed by atoms with Crippen molar-refractivity contribution in [2.24, 2.45) is 5.73 Å². The standard InChI is InChI=1S/C15H15ClFNO/c1-19-15-6-5-12(17)9-13(15)14(18)8-10-3-2-4-11(16)7-10/h2-7,9,14H,8,18H2,1H3. The van der Waals surface area contributed by atoms with E-state index in [-0.39, 0.29) is 11.9 Å². The van der Waals surface area contributed by atoms with Crippen LogP contribution in [-0.2, 0) is 6.42 Å². The predicted octanol–water partition coefficient (Wildman–Crippen LogP) is 3.73. The molecule has 2 aromatic carbocycles. The van der Waals surface area contributed by atoms with Crippen molar-refractivity contribution in [3.8, 4) is 5.75 Å². The van der Waals surface area contributed by atoms with Gasteiger partial charge in [0.2, 0.25) is 0 Å². The van der Waals surface area contributed by atoms with Crippen LogP contribution in [0.2, 0.25) is 5.02 Å². The minimum absolute atomic E-state index is 0.322. The fourth-order valence-corrected chi connectivity index (χ4v) is 2.24. The zero-order valence-electron chi connectivity index (χ0n) is 10.6. The highest BCUT2D eigenvalue weighted by Crippen LogP contribution is 2.27. The number of rotatable bonds is 4. The number of benzene rings is 2. The first-order valence-electron chi connectivity index (χ1n) is 5.93. The van der Waals surface area contributed by atoms with Crippen molar-refractivity contribution >= 4 is 11.6 Å². The lowest BCUT2D eigenvalue weighted by molar-refractivity contribution is 0.404. The number of hydrogen-bond donors (Lipinski definition) is 1. The van der Waals surface area contributed by atoms with Gasteiger partial charge in [-0.25, -0.2) is 4.39 Å². The average molecular weight is 280 g/mol. The van der Waals surface area contributed by atoms with Gasteiger partial charge in [-0.1, -0.05) is 23.7 Å². The molecule has 0 aliphatic rings. The molecule has 0 radical (unpaired) electrons. The lowest BCUT2D eigenvalue weighted by Gasteiger charge is -2.16. The largest absolute Gasteiger partial charge is 0.496 e. The van der Waals surface area contributed by atoms with Crippen molar-refractivity contribution in [1.29, 1.82) is 0 Å². The van der Waals surface area contributed by atoms with Gasteiger partial charge in [0.1, 0.15) is 11.6 Å². The van der Waals surface area contributed by atoms with Crippen LogP contribution in [0.25, 0.3) is 0 Å². The van der Waals surface area contributed by atoms with Crippen molar-refractivity contribution in [2.45, 2.75) is 12.5 Å². The van der Waals surface area contributed by atoms with E-state index in [1.165, 1.54) is 12.1 Å². The minimum Gasteiger partial charge on any atom is -0.496 e. The Hall–Kier alpha value is -1.58. The van der Waals surface area contributed by atoms with E-state index in [1.807, 2.05) is 18.2 Å². The SMILES string of the molecule is COc1ccc(F)cc1C(N)Cc1cccc(Cl)c1. The van der Waals surface area contributed by atoms with E-state index in [0.717, 1.165) is 5.56 Å². The summed E-state index contributed by atoms with van der Waals surface area (Å²) in [6.07, 6.45) is 0.570. The summed E-state index contributed by atoms with van der Waals surface area (Å²) in [5.41, 5.74) is 7.79. The molecule has 1 unspecified atom stereocenters. The molecule has 0 aliphatic heterocycles. The Morgan fingerprint density at radius 2 is 2.05 bits per heavy atom. The number of methoxy groups -OCH3 is 1. The molecule has 100 valence electrons. The Bertz CT molecular complexity index is 574. The first kappa shape index (κ1) is 13.8. The van der Waals surface area contributed by atoms with Gasteiger partial charge in [0.05, 0.1) is 7.11 Å². The van der Waals surface area contributed by atoms with E-state index in [0.29, 0.717) is 22.8 Å². The van der Waals surface area contributed by atoms with Crippen molar-refractivity contribution in [3.63, 3.8) is 0 Å². The van der Waals surface area contributed by atoms with Crippen LogP contribution in [-0.4, -0.2) is 7.11 Å². The topological polar surface area (TPSA) is 35.2 Å². The fraction of sp³-hybridized carbons (Fsp3) is 0.200. The minimum atomic E-state index is -0.343. The number of nitrogens with two attached hydrogens (primary N) is 1. The second-order valence-electron chi connectivity index (χ2n) is 4.33. The van der Waals surface area contributed by atoms with Crippen LogP contribution < -0.4 is 10.5 Å². The molecule has 4 heteroatoms. The summed E-state index contributed by atoms with van der Waals surface area (Å²) in [6.45, 7) is 0. The Labute approximate surface area is 117 Å². The van der Waals surface area contributed by atoms with Gasteiger partial charge in [-0.3, -0.25) is 0 Å². The fourth-order valence-electron chi connectivity index (χ4n) is 2.02. The van der Waals surface area contributed by atoms with Gasteiger partial charge in [-0.2, -0.15) is 0 Å². The summed E-state index contributed by atoms with van der Waals surface area (Å²) >= 11 is 5.93. The van der Waals surface area contributed by atoms with E-state index < -0.39 is 0 Å². The van der Waals surface area contributed by atoms with E-state index in [4.69, 9.17) is 22.1 Å². The highest BCUT2D eigenvalue weighted by molar-refractivity contribution is 6.30. The normalized spacial score (nSPS) is 12.2. The van der Waals surface area contributed by atoms with Gasteiger partial charge < -0.3 is 10.5 Å². The first-order valence-corrected chi connectivity index (χ1v) is 6.31. The highest BCUT2D eigenvalue weighted by atomic mass is 35.5. The van der Waals surface area contributed by atoms with E-state index in [9.17, 15) is 4.39 Å². The summed E-state index contributed by atoms with van der Waals surface area (Å²) < 4.78 is 18.5. The Morgan fingerprint density at radius 3 is 2.74 bits per heavy atom. The molecule has 0 saturated carbocycles. The molecule has 0 spiro atoms. The molecule has 0 amide bonds. The summed E-state index contributed by atoms with van der Waals surface area (Å²) in [6, 6.07) is 11.5. The molecular weight excluding hydrogens is 265 g/mol. The van der Waals surface area contributed by atoms with Gasteiger partial charge in [0, 0.05) is 16.6 Å². The molecule has 2 nitrogen and oxygen atoms in total. The Kier molecular flexibility index (Phi) is 4.40. The second kappa shape index (κ2) is 6.04. The lowest BCUT2D eigenvalue weighted by Crippen LogP contribution is -2.14. The van der Waals surface area contributed by atoms with Crippen molar-refractivity contribution in [2.75, 3.05) is 7.11 Å². The van der Waals surface area contributed by atoms with Gasteiger partial charge in [-0.05, 0) is 42.3 Å². The molecule has 1 atom stereocenters. The van der Waals surface area contributed by atoms with Gasteiger partial charge in [0.25, 0.3) is 0 Å². The quantitative estimate of drug-likeness (QED) is 0.925. The van der Waals surface area contributed by atoms with Crippen molar-refractivity contribution in [1.82, 2.24) is 0 Å². The third-order valence-electron chi connectivity index (χ3n) is 2.94. The van der Waals surface area contributed by atoms with Crippen LogP contribution in [0.1, 0.15) is 17.2 Å². The number of ether oxygens (including phenoxy) is 1. The summed E-state index contributed by atoms with van der Waals surface area (Å²) in [5, 5.41) is 0.663. The van der Waals surface area contributed by atoms with E-state index in [2.05, 4.69) is 0 Å². The summed E-state index contributed by atoms with van der Waals surface area (Å²) in [5.74, 6) is 0.272. The van der Waals surface area contributed by atoms with Crippen LogP contribution in [0.5, 0.6) is 5.75 Å². The van der Waals surface area contributed by atoms with Crippen LogP contribution in [0, 0.1) is 5.82 Å². The predicted molar refractivity (Wildman–Crippen MR) is 75.0 cm³/mol. The Morgan fingerprint density at radius 1 is 1.26 bits per heavy atom. The Balaban J connectivity index is 2.24. The van der Waals surface area contributed by atoms with E-state index >= 15 is 0 Å². The molecule has 19 heavy (non-hydrogen) atoms.